The third-order valence-electron chi connectivity index (χ3n) is 3.72. The van der Waals surface area contributed by atoms with E-state index in [0.29, 0.717) is 53.8 Å². The van der Waals surface area contributed by atoms with E-state index in [1.54, 1.807) is 43.5 Å². The molecule has 27 heavy (non-hydrogen) atoms. The van der Waals surface area contributed by atoms with Crippen molar-refractivity contribution in [1.82, 2.24) is 5.32 Å². The van der Waals surface area contributed by atoms with Gasteiger partial charge in [0.25, 0.3) is 11.8 Å². The van der Waals surface area contributed by atoms with Crippen molar-refractivity contribution in [2.75, 3.05) is 32.2 Å². The van der Waals surface area contributed by atoms with E-state index in [1.165, 1.54) is 6.07 Å². The van der Waals surface area contributed by atoms with Gasteiger partial charge in [0.15, 0.2) is 0 Å². The summed E-state index contributed by atoms with van der Waals surface area (Å²) in [6.07, 6.45) is 0.710. The highest BCUT2D eigenvalue weighted by molar-refractivity contribution is 6.32. The first-order valence-electron chi connectivity index (χ1n) is 8.66. The van der Waals surface area contributed by atoms with Crippen molar-refractivity contribution in [3.63, 3.8) is 0 Å². The van der Waals surface area contributed by atoms with Crippen molar-refractivity contribution in [3.8, 4) is 5.75 Å². The Labute approximate surface area is 163 Å². The van der Waals surface area contributed by atoms with E-state index >= 15 is 0 Å². The molecule has 2 rings (SSSR count). The Morgan fingerprint density at radius 1 is 1.11 bits per heavy atom. The molecule has 0 fully saturated rings. The van der Waals surface area contributed by atoms with Crippen LogP contribution in [0.2, 0.25) is 5.02 Å². The number of rotatable bonds is 9. The Bertz CT molecular complexity index is 795. The van der Waals surface area contributed by atoms with Gasteiger partial charge < -0.3 is 20.1 Å². The van der Waals surface area contributed by atoms with Crippen LogP contribution in [0.3, 0.4) is 0 Å². The topological polar surface area (TPSA) is 76.7 Å². The largest absolute Gasteiger partial charge is 0.492 e. The lowest BCUT2D eigenvalue weighted by atomic mass is 10.1. The Morgan fingerprint density at radius 3 is 2.59 bits per heavy atom. The van der Waals surface area contributed by atoms with Crippen LogP contribution in [-0.2, 0) is 4.74 Å². The predicted octanol–water partition coefficient (Wildman–Crippen LogP) is 3.76. The van der Waals surface area contributed by atoms with Crippen LogP contribution >= 0.6 is 11.6 Å². The Hall–Kier alpha value is -2.57. The number of anilines is 1. The SMILES string of the molecule is CCOc1ccc(C(=O)Nc2ccccc2C(=O)NCCCOC)cc1Cl. The summed E-state index contributed by atoms with van der Waals surface area (Å²) in [5.41, 5.74) is 1.19. The molecule has 0 aliphatic rings. The molecule has 0 bridgehead atoms. The standard InChI is InChI=1S/C20H23ClN2O4/c1-3-27-18-10-9-14(13-16(18)21)19(24)23-17-8-5-4-7-15(17)20(25)22-11-6-12-26-2/h4-5,7-10,13H,3,6,11-12H2,1-2H3,(H,22,25)(H,23,24). The number of methoxy groups -OCH3 is 1. The third-order valence-corrected chi connectivity index (χ3v) is 4.02. The maximum absolute atomic E-state index is 12.6. The molecule has 0 aromatic heterocycles. The number of amides is 2. The van der Waals surface area contributed by atoms with Crippen LogP contribution in [0.25, 0.3) is 0 Å². The quantitative estimate of drug-likeness (QED) is 0.639. The first-order valence-corrected chi connectivity index (χ1v) is 9.04. The summed E-state index contributed by atoms with van der Waals surface area (Å²) >= 11 is 6.14. The summed E-state index contributed by atoms with van der Waals surface area (Å²) < 4.78 is 10.3. The van der Waals surface area contributed by atoms with E-state index < -0.39 is 0 Å². The number of para-hydroxylation sites is 1. The van der Waals surface area contributed by atoms with Gasteiger partial charge in [-0.3, -0.25) is 9.59 Å². The molecular weight excluding hydrogens is 368 g/mol. The van der Waals surface area contributed by atoms with Gasteiger partial charge in [-0.2, -0.15) is 0 Å². The Balaban J connectivity index is 2.09. The number of halogens is 1. The minimum Gasteiger partial charge on any atom is -0.492 e. The van der Waals surface area contributed by atoms with Gasteiger partial charge in [-0.05, 0) is 43.7 Å². The van der Waals surface area contributed by atoms with Gasteiger partial charge in [-0.25, -0.2) is 0 Å². The molecule has 0 heterocycles. The van der Waals surface area contributed by atoms with Gasteiger partial charge in [-0.15, -0.1) is 0 Å². The fraction of sp³-hybridized carbons (Fsp3) is 0.300. The molecule has 6 nitrogen and oxygen atoms in total. The lowest BCUT2D eigenvalue weighted by Gasteiger charge is -2.12. The average molecular weight is 391 g/mol. The molecule has 2 aromatic rings. The van der Waals surface area contributed by atoms with Crippen LogP contribution in [0, 0.1) is 0 Å². The summed E-state index contributed by atoms with van der Waals surface area (Å²) in [4.78, 5) is 24.9. The van der Waals surface area contributed by atoms with E-state index in [2.05, 4.69) is 10.6 Å². The number of carbonyl (C=O) groups is 2. The number of hydrogen-bond acceptors (Lipinski definition) is 4. The molecule has 0 unspecified atom stereocenters. The Kier molecular flexibility index (Phi) is 8.10. The van der Waals surface area contributed by atoms with Crippen LogP contribution in [0.1, 0.15) is 34.1 Å². The van der Waals surface area contributed by atoms with Crippen molar-refractivity contribution in [1.29, 1.82) is 0 Å². The zero-order valence-electron chi connectivity index (χ0n) is 15.4. The average Bonchev–Trinajstić information content (AvgIpc) is 2.67. The van der Waals surface area contributed by atoms with Gasteiger partial charge >= 0.3 is 0 Å². The van der Waals surface area contributed by atoms with Crippen LogP contribution in [-0.4, -0.2) is 38.7 Å². The first-order chi connectivity index (χ1) is 13.1. The molecule has 0 radical (unpaired) electrons. The molecule has 0 aliphatic heterocycles. The van der Waals surface area contributed by atoms with Crippen LogP contribution in [0.15, 0.2) is 42.5 Å². The number of benzene rings is 2. The zero-order valence-corrected chi connectivity index (χ0v) is 16.1. The second kappa shape index (κ2) is 10.5. The third kappa shape index (κ3) is 5.98. The predicted molar refractivity (Wildman–Crippen MR) is 106 cm³/mol. The maximum Gasteiger partial charge on any atom is 0.255 e. The molecule has 2 N–H and O–H groups in total. The summed E-state index contributed by atoms with van der Waals surface area (Å²) in [6.45, 7) is 3.40. The van der Waals surface area contributed by atoms with Crippen molar-refractivity contribution in [2.45, 2.75) is 13.3 Å². The molecule has 0 aliphatic carbocycles. The normalized spacial score (nSPS) is 10.3. The van der Waals surface area contributed by atoms with Gasteiger partial charge in [0.1, 0.15) is 5.75 Å². The molecule has 0 atom stereocenters. The van der Waals surface area contributed by atoms with Gasteiger partial charge in [-0.1, -0.05) is 23.7 Å². The molecule has 0 spiro atoms. The first kappa shape index (κ1) is 20.7. The molecule has 0 saturated carbocycles. The lowest BCUT2D eigenvalue weighted by molar-refractivity contribution is 0.0949. The number of nitrogens with one attached hydrogen (secondary N) is 2. The highest BCUT2D eigenvalue weighted by atomic mass is 35.5. The van der Waals surface area contributed by atoms with Gasteiger partial charge in [0, 0.05) is 25.8 Å². The molecule has 144 valence electrons. The lowest BCUT2D eigenvalue weighted by Crippen LogP contribution is -2.26. The minimum absolute atomic E-state index is 0.258. The number of carbonyl (C=O) groups excluding carboxylic acids is 2. The van der Waals surface area contributed by atoms with Crippen LogP contribution < -0.4 is 15.4 Å². The van der Waals surface area contributed by atoms with E-state index in [-0.39, 0.29) is 11.8 Å². The molecule has 2 amide bonds. The zero-order chi connectivity index (χ0) is 19.6. The fourth-order valence-corrected chi connectivity index (χ4v) is 2.65. The smallest absolute Gasteiger partial charge is 0.255 e. The van der Waals surface area contributed by atoms with Crippen molar-refractivity contribution >= 4 is 29.1 Å². The molecule has 2 aromatic carbocycles. The van der Waals surface area contributed by atoms with E-state index in [9.17, 15) is 9.59 Å². The monoisotopic (exact) mass is 390 g/mol. The highest BCUT2D eigenvalue weighted by Crippen LogP contribution is 2.26. The Morgan fingerprint density at radius 2 is 1.89 bits per heavy atom. The second-order valence-electron chi connectivity index (χ2n) is 5.68. The number of ether oxygens (including phenoxy) is 2. The molecule has 7 heteroatoms. The van der Waals surface area contributed by atoms with Crippen LogP contribution in [0.4, 0.5) is 5.69 Å². The van der Waals surface area contributed by atoms with Gasteiger partial charge in [0.2, 0.25) is 0 Å². The van der Waals surface area contributed by atoms with Crippen molar-refractivity contribution in [3.05, 3.63) is 58.6 Å². The van der Waals surface area contributed by atoms with Gasteiger partial charge in [0.05, 0.1) is 22.9 Å². The highest BCUT2D eigenvalue weighted by Gasteiger charge is 2.15. The van der Waals surface area contributed by atoms with Crippen LogP contribution in [0.5, 0.6) is 5.75 Å². The maximum atomic E-state index is 12.6. The summed E-state index contributed by atoms with van der Waals surface area (Å²) in [6, 6.07) is 11.6. The molecule has 0 saturated heterocycles. The molecular formula is C20H23ClN2O4. The summed E-state index contributed by atoms with van der Waals surface area (Å²) in [7, 11) is 1.61. The van der Waals surface area contributed by atoms with Crippen molar-refractivity contribution < 1.29 is 19.1 Å². The van der Waals surface area contributed by atoms with E-state index in [0.717, 1.165) is 0 Å². The summed E-state index contributed by atoms with van der Waals surface area (Å²) in [5.74, 6) is -0.0992. The fourth-order valence-electron chi connectivity index (χ4n) is 2.41. The minimum atomic E-state index is -0.361. The van der Waals surface area contributed by atoms with E-state index in [4.69, 9.17) is 21.1 Å². The number of hydrogen-bond donors (Lipinski definition) is 2. The summed E-state index contributed by atoms with van der Waals surface area (Å²) in [5, 5.41) is 5.93. The van der Waals surface area contributed by atoms with Crippen molar-refractivity contribution in [2.24, 2.45) is 0 Å². The second-order valence-corrected chi connectivity index (χ2v) is 6.09. The van der Waals surface area contributed by atoms with E-state index in [1.807, 2.05) is 6.92 Å².